The Balaban J connectivity index is 0.00000480. The molecular formula is C22H31FIN3O3S. The summed E-state index contributed by atoms with van der Waals surface area (Å²) in [5, 5.41) is 6.31. The van der Waals surface area contributed by atoms with Crippen LogP contribution in [0.3, 0.4) is 0 Å². The van der Waals surface area contributed by atoms with Crippen LogP contribution in [0.1, 0.15) is 36.1 Å². The molecule has 2 aromatic rings. The van der Waals surface area contributed by atoms with Gasteiger partial charge in [0.05, 0.1) is 18.9 Å². The molecule has 0 radical (unpaired) electrons. The molecule has 0 amide bonds. The maximum Gasteiger partial charge on any atom is 0.191 e. The van der Waals surface area contributed by atoms with Crippen molar-refractivity contribution >= 4 is 39.8 Å². The van der Waals surface area contributed by atoms with Gasteiger partial charge in [-0.2, -0.15) is 0 Å². The zero-order chi connectivity index (χ0) is 22.0. The molecule has 2 aromatic carbocycles. The van der Waals surface area contributed by atoms with E-state index in [1.165, 1.54) is 24.5 Å². The number of aliphatic imine (C=N–C) groups is 1. The van der Waals surface area contributed by atoms with Crippen LogP contribution in [-0.4, -0.2) is 33.8 Å². The molecule has 31 heavy (non-hydrogen) atoms. The Morgan fingerprint density at radius 2 is 1.71 bits per heavy atom. The molecule has 0 aromatic heterocycles. The Kier molecular flexibility index (Phi) is 12.0. The van der Waals surface area contributed by atoms with Crippen LogP contribution in [-0.2, 0) is 40.0 Å². The van der Waals surface area contributed by atoms with E-state index in [2.05, 4.69) is 15.6 Å². The highest BCUT2D eigenvalue weighted by Gasteiger charge is 2.11. The van der Waals surface area contributed by atoms with Crippen molar-refractivity contribution in [2.24, 2.45) is 4.99 Å². The summed E-state index contributed by atoms with van der Waals surface area (Å²) in [5.41, 5.74) is 3.33. The first kappa shape index (κ1) is 27.3. The highest BCUT2D eigenvalue weighted by Crippen LogP contribution is 2.14. The van der Waals surface area contributed by atoms with Crippen molar-refractivity contribution in [3.05, 3.63) is 70.5 Å². The fraction of sp³-hybridized carbons (Fsp3) is 0.409. The van der Waals surface area contributed by atoms with Gasteiger partial charge >= 0.3 is 0 Å². The first-order chi connectivity index (χ1) is 14.3. The number of halogens is 2. The lowest BCUT2D eigenvalue weighted by molar-refractivity contribution is 0.134. The molecule has 0 atom stereocenters. The average molecular weight is 563 g/mol. The van der Waals surface area contributed by atoms with Crippen molar-refractivity contribution < 1.29 is 17.5 Å². The third-order valence-electron chi connectivity index (χ3n) is 4.29. The third-order valence-corrected chi connectivity index (χ3v) is 5.13. The van der Waals surface area contributed by atoms with Gasteiger partial charge in [-0.1, -0.05) is 30.3 Å². The SMILES string of the molecule is CCNC(=NCc1ccc(COCC)cc1)NCc1cc(F)ccc1CS(C)(=O)=O.I. The molecule has 0 bridgehead atoms. The van der Waals surface area contributed by atoms with Crippen molar-refractivity contribution in [3.63, 3.8) is 0 Å². The highest BCUT2D eigenvalue weighted by molar-refractivity contribution is 14.0. The van der Waals surface area contributed by atoms with E-state index in [1.54, 1.807) is 0 Å². The fourth-order valence-electron chi connectivity index (χ4n) is 2.83. The number of rotatable bonds is 10. The Morgan fingerprint density at radius 1 is 1.03 bits per heavy atom. The van der Waals surface area contributed by atoms with Crippen LogP contribution in [0, 0.1) is 5.82 Å². The summed E-state index contributed by atoms with van der Waals surface area (Å²) < 4.78 is 42.4. The predicted octanol–water partition coefficient (Wildman–Crippen LogP) is 3.78. The van der Waals surface area contributed by atoms with Gasteiger partial charge in [0.15, 0.2) is 15.8 Å². The smallest absolute Gasteiger partial charge is 0.191 e. The maximum absolute atomic E-state index is 13.7. The Bertz CT molecular complexity index is 951. The van der Waals surface area contributed by atoms with Gasteiger partial charge in [-0.25, -0.2) is 17.8 Å². The van der Waals surface area contributed by atoms with Crippen molar-refractivity contribution in [2.45, 2.75) is 39.3 Å². The summed E-state index contributed by atoms with van der Waals surface area (Å²) in [7, 11) is -3.22. The van der Waals surface area contributed by atoms with E-state index >= 15 is 0 Å². The number of hydrogen-bond donors (Lipinski definition) is 2. The average Bonchev–Trinajstić information content (AvgIpc) is 2.70. The lowest BCUT2D eigenvalue weighted by Gasteiger charge is -2.14. The van der Waals surface area contributed by atoms with Crippen LogP contribution in [0.15, 0.2) is 47.5 Å². The molecule has 0 aliphatic rings. The minimum absolute atomic E-state index is 0. The molecule has 0 unspecified atom stereocenters. The Labute approximate surface area is 201 Å². The van der Waals surface area contributed by atoms with E-state index in [-0.39, 0.29) is 36.3 Å². The summed E-state index contributed by atoms with van der Waals surface area (Å²) in [6.45, 7) is 6.60. The Morgan fingerprint density at radius 3 is 2.32 bits per heavy atom. The molecule has 0 aliphatic carbocycles. The van der Waals surface area contributed by atoms with Gasteiger partial charge in [-0.15, -0.1) is 24.0 Å². The van der Waals surface area contributed by atoms with Gasteiger partial charge in [-0.3, -0.25) is 0 Å². The first-order valence-electron chi connectivity index (χ1n) is 9.93. The molecule has 172 valence electrons. The standard InChI is InChI=1S/C22H30FN3O3S.HI/c1-4-24-22(25-13-17-6-8-18(9-7-17)15-29-5-2)26-14-20-12-21(23)11-10-19(20)16-30(3,27)28;/h6-12H,4-5,13-16H2,1-3H3,(H2,24,25,26);1H. The second-order valence-corrected chi connectivity index (χ2v) is 9.13. The second-order valence-electron chi connectivity index (χ2n) is 6.99. The van der Waals surface area contributed by atoms with Crippen LogP contribution in [0.4, 0.5) is 4.39 Å². The topological polar surface area (TPSA) is 79.8 Å². The highest BCUT2D eigenvalue weighted by atomic mass is 127. The van der Waals surface area contributed by atoms with E-state index in [0.717, 1.165) is 11.1 Å². The fourth-order valence-corrected chi connectivity index (χ4v) is 3.68. The molecule has 0 heterocycles. The van der Waals surface area contributed by atoms with Crippen molar-refractivity contribution in [1.29, 1.82) is 0 Å². The lowest BCUT2D eigenvalue weighted by Crippen LogP contribution is -2.37. The van der Waals surface area contributed by atoms with Gasteiger partial charge in [0.1, 0.15) is 5.82 Å². The van der Waals surface area contributed by atoms with Crippen molar-refractivity contribution in [3.8, 4) is 0 Å². The van der Waals surface area contributed by atoms with E-state index in [9.17, 15) is 12.8 Å². The zero-order valence-electron chi connectivity index (χ0n) is 18.2. The summed E-state index contributed by atoms with van der Waals surface area (Å²) >= 11 is 0. The summed E-state index contributed by atoms with van der Waals surface area (Å²) in [6.07, 6.45) is 1.17. The third kappa shape index (κ3) is 10.4. The zero-order valence-corrected chi connectivity index (χ0v) is 21.3. The molecule has 2 N–H and O–H groups in total. The number of guanidine groups is 1. The van der Waals surface area contributed by atoms with Crippen LogP contribution in [0.2, 0.25) is 0 Å². The summed E-state index contributed by atoms with van der Waals surface area (Å²) in [5.74, 6) is 0.0371. The van der Waals surface area contributed by atoms with E-state index in [4.69, 9.17) is 4.74 Å². The minimum atomic E-state index is -3.22. The number of sulfone groups is 1. The maximum atomic E-state index is 13.7. The van der Waals surface area contributed by atoms with Crippen LogP contribution >= 0.6 is 24.0 Å². The number of nitrogens with one attached hydrogen (secondary N) is 2. The molecule has 2 rings (SSSR count). The summed E-state index contributed by atoms with van der Waals surface area (Å²) in [4.78, 5) is 4.57. The number of ether oxygens (including phenoxy) is 1. The van der Waals surface area contributed by atoms with Gasteiger partial charge in [0, 0.05) is 26.0 Å². The monoisotopic (exact) mass is 563 g/mol. The Hall–Kier alpha value is -1.72. The second kappa shape index (κ2) is 13.6. The quantitative estimate of drug-likeness (QED) is 0.262. The predicted molar refractivity (Wildman–Crippen MR) is 134 cm³/mol. The molecule has 0 saturated carbocycles. The number of hydrogen-bond acceptors (Lipinski definition) is 4. The van der Waals surface area contributed by atoms with Crippen LogP contribution in [0.5, 0.6) is 0 Å². The van der Waals surface area contributed by atoms with Gasteiger partial charge in [0.2, 0.25) is 0 Å². The van der Waals surface area contributed by atoms with Crippen molar-refractivity contribution in [1.82, 2.24) is 10.6 Å². The molecule has 0 fully saturated rings. The van der Waals surface area contributed by atoms with Crippen LogP contribution in [0.25, 0.3) is 0 Å². The number of nitrogens with zero attached hydrogens (tertiary/aromatic N) is 1. The molecular weight excluding hydrogens is 532 g/mol. The van der Waals surface area contributed by atoms with Gasteiger partial charge in [-0.05, 0) is 48.2 Å². The molecule has 6 nitrogen and oxygen atoms in total. The van der Waals surface area contributed by atoms with Gasteiger partial charge < -0.3 is 15.4 Å². The van der Waals surface area contributed by atoms with E-state index in [1.807, 2.05) is 38.1 Å². The number of benzene rings is 2. The van der Waals surface area contributed by atoms with E-state index in [0.29, 0.717) is 43.4 Å². The first-order valence-corrected chi connectivity index (χ1v) is 12.0. The molecule has 0 saturated heterocycles. The minimum Gasteiger partial charge on any atom is -0.377 e. The molecule has 0 aliphatic heterocycles. The van der Waals surface area contributed by atoms with E-state index < -0.39 is 15.7 Å². The normalized spacial score (nSPS) is 11.7. The van der Waals surface area contributed by atoms with Crippen molar-refractivity contribution in [2.75, 3.05) is 19.4 Å². The lowest BCUT2D eigenvalue weighted by atomic mass is 10.1. The largest absolute Gasteiger partial charge is 0.377 e. The van der Waals surface area contributed by atoms with Gasteiger partial charge in [0.25, 0.3) is 0 Å². The van der Waals surface area contributed by atoms with Crippen LogP contribution < -0.4 is 10.6 Å². The molecule has 0 spiro atoms. The summed E-state index contributed by atoms with van der Waals surface area (Å²) in [6, 6.07) is 12.2. The molecule has 9 heteroatoms.